The average molecular weight is 747 g/mol. The van der Waals surface area contributed by atoms with Crippen molar-refractivity contribution in [2.45, 2.75) is 5.41 Å². The molecule has 0 bridgehead atoms. The van der Waals surface area contributed by atoms with E-state index in [4.69, 9.17) is 9.97 Å². The highest BCUT2D eigenvalue weighted by atomic mass is 14.9. The van der Waals surface area contributed by atoms with Crippen molar-refractivity contribution in [3.05, 3.63) is 229 Å². The molecule has 0 saturated carbocycles. The molecule has 272 valence electrons. The summed E-state index contributed by atoms with van der Waals surface area (Å²) < 4.78 is 0. The highest BCUT2D eigenvalue weighted by Gasteiger charge is 2.53. The van der Waals surface area contributed by atoms with Crippen LogP contribution in [0.4, 0.5) is 0 Å². The molecule has 0 aliphatic heterocycles. The quantitative estimate of drug-likeness (QED) is 0.179. The Kier molecular flexibility index (Phi) is 6.68. The van der Waals surface area contributed by atoms with Gasteiger partial charge in [-0.1, -0.05) is 194 Å². The van der Waals surface area contributed by atoms with Gasteiger partial charge in [-0.15, -0.1) is 0 Å². The van der Waals surface area contributed by atoms with Crippen LogP contribution in [0.15, 0.2) is 206 Å². The smallest absolute Gasteiger partial charge is 0.160 e. The molecule has 0 N–H and O–H groups in total. The minimum atomic E-state index is -0.453. The van der Waals surface area contributed by atoms with Gasteiger partial charge in [0.1, 0.15) is 0 Å². The van der Waals surface area contributed by atoms with Gasteiger partial charge >= 0.3 is 0 Å². The normalized spacial score (nSPS) is 13.2. The molecule has 0 radical (unpaired) electrons. The molecule has 59 heavy (non-hydrogen) atoms. The Morgan fingerprint density at radius 1 is 0.288 bits per heavy atom. The van der Waals surface area contributed by atoms with E-state index in [9.17, 15) is 0 Å². The Labute approximate surface area is 342 Å². The number of nitrogens with zero attached hydrogens (tertiary/aromatic N) is 2. The Morgan fingerprint density at radius 2 is 0.780 bits per heavy atom. The number of benzene rings is 9. The molecule has 13 rings (SSSR count). The lowest BCUT2D eigenvalue weighted by Crippen LogP contribution is -2.26. The van der Waals surface area contributed by atoms with Gasteiger partial charge < -0.3 is 0 Å². The predicted octanol–water partition coefficient (Wildman–Crippen LogP) is 14.3. The van der Waals surface area contributed by atoms with Crippen LogP contribution in [0.3, 0.4) is 0 Å². The molecule has 10 aromatic rings. The van der Waals surface area contributed by atoms with Crippen molar-refractivity contribution in [2.75, 3.05) is 0 Å². The first-order valence-electron chi connectivity index (χ1n) is 20.4. The summed E-state index contributed by atoms with van der Waals surface area (Å²) in [4.78, 5) is 10.4. The third-order valence-corrected chi connectivity index (χ3v) is 13.0. The van der Waals surface area contributed by atoms with Crippen LogP contribution in [0.2, 0.25) is 0 Å². The first kappa shape index (κ1) is 32.4. The Bertz CT molecular complexity index is 3250. The van der Waals surface area contributed by atoms with Crippen molar-refractivity contribution in [1.82, 2.24) is 9.97 Å². The van der Waals surface area contributed by atoms with E-state index in [1.54, 1.807) is 0 Å². The highest BCUT2D eigenvalue weighted by Crippen LogP contribution is 2.67. The van der Waals surface area contributed by atoms with Gasteiger partial charge in [0, 0.05) is 16.7 Å². The van der Waals surface area contributed by atoms with E-state index in [-0.39, 0.29) is 0 Å². The summed E-state index contributed by atoms with van der Waals surface area (Å²) in [5.74, 6) is 0.709. The fraction of sp³-hybridized carbons (Fsp3) is 0.0175. The van der Waals surface area contributed by atoms with Crippen LogP contribution in [-0.4, -0.2) is 9.97 Å². The minimum absolute atomic E-state index is 0.453. The predicted molar refractivity (Wildman–Crippen MR) is 242 cm³/mol. The molecule has 2 nitrogen and oxygen atoms in total. The second-order valence-electron chi connectivity index (χ2n) is 16.0. The largest absolute Gasteiger partial charge is 0.228 e. The monoisotopic (exact) mass is 746 g/mol. The SMILES string of the molecule is c1ccc(-c2cc(-c3ccccc3)nc(-c3ccc(-c4c5c(cc6c4-c4ccccc4C64c6ccccc6-c6ccccc64)-c4cccc6cccc-5c46)cc3)n2)cc1. The summed E-state index contributed by atoms with van der Waals surface area (Å²) in [6.07, 6.45) is 0. The van der Waals surface area contributed by atoms with Crippen molar-refractivity contribution < 1.29 is 0 Å². The molecule has 1 heterocycles. The summed E-state index contributed by atoms with van der Waals surface area (Å²) in [5, 5.41) is 2.61. The van der Waals surface area contributed by atoms with Crippen LogP contribution >= 0.6 is 0 Å². The van der Waals surface area contributed by atoms with Crippen molar-refractivity contribution in [3.8, 4) is 89.5 Å². The fourth-order valence-electron chi connectivity index (χ4n) is 10.7. The van der Waals surface area contributed by atoms with Gasteiger partial charge in [0.05, 0.1) is 16.8 Å². The molecule has 3 aliphatic rings. The molecular formula is C57H34N2. The molecule has 1 spiro atoms. The van der Waals surface area contributed by atoms with Gasteiger partial charge in [0.2, 0.25) is 0 Å². The summed E-state index contributed by atoms with van der Waals surface area (Å²) >= 11 is 0. The number of fused-ring (bicyclic) bond motifs is 13. The molecule has 2 heteroatoms. The fourth-order valence-corrected chi connectivity index (χ4v) is 10.7. The van der Waals surface area contributed by atoms with Gasteiger partial charge in [0.15, 0.2) is 5.82 Å². The molecular weight excluding hydrogens is 713 g/mol. The maximum atomic E-state index is 5.18. The Morgan fingerprint density at radius 3 is 1.39 bits per heavy atom. The topological polar surface area (TPSA) is 25.8 Å². The lowest BCUT2D eigenvalue weighted by Gasteiger charge is -2.31. The van der Waals surface area contributed by atoms with Crippen LogP contribution in [0.5, 0.6) is 0 Å². The maximum Gasteiger partial charge on any atom is 0.160 e. The third kappa shape index (κ3) is 4.40. The summed E-state index contributed by atoms with van der Waals surface area (Å²) in [5.41, 5.74) is 22.8. The van der Waals surface area contributed by atoms with E-state index in [1.807, 2.05) is 12.1 Å². The number of hydrogen-bond donors (Lipinski definition) is 0. The standard InChI is InChI=1S/C57H34N2/c1-3-15-35(16-4-1)50-34-51(36-17-5-2-6-18-36)59-56(58-50)39-31-29-38(30-32-39)53-54-44-25-14-20-37-19-13-24-42(52(37)44)45(54)33-49-55(53)43-23-9-12-28-48(43)57(49)46-26-10-7-21-40(46)41-22-8-11-27-47(41)57/h1-34H. The molecule has 3 aliphatic carbocycles. The van der Waals surface area contributed by atoms with Gasteiger partial charge in [0.25, 0.3) is 0 Å². The number of rotatable bonds is 4. The molecule has 1 aromatic heterocycles. The van der Waals surface area contributed by atoms with Crippen molar-refractivity contribution >= 4 is 10.8 Å². The number of hydrogen-bond acceptors (Lipinski definition) is 2. The van der Waals surface area contributed by atoms with Crippen molar-refractivity contribution in [3.63, 3.8) is 0 Å². The molecule has 9 aromatic carbocycles. The van der Waals surface area contributed by atoms with Gasteiger partial charge in [-0.2, -0.15) is 0 Å². The second-order valence-corrected chi connectivity index (χ2v) is 16.0. The first-order valence-corrected chi connectivity index (χ1v) is 20.4. The van der Waals surface area contributed by atoms with E-state index in [1.165, 1.54) is 88.7 Å². The summed E-state index contributed by atoms with van der Waals surface area (Å²) in [6.45, 7) is 0. The average Bonchev–Trinajstić information content (AvgIpc) is 3.91. The van der Waals surface area contributed by atoms with E-state index < -0.39 is 5.41 Å². The second kappa shape index (κ2) is 12.2. The van der Waals surface area contributed by atoms with E-state index in [0.29, 0.717) is 5.82 Å². The van der Waals surface area contributed by atoms with Crippen LogP contribution in [0.25, 0.3) is 100 Å². The zero-order valence-electron chi connectivity index (χ0n) is 32.0. The van der Waals surface area contributed by atoms with E-state index >= 15 is 0 Å². The highest BCUT2D eigenvalue weighted by molar-refractivity contribution is 6.21. The molecule has 0 amide bonds. The number of aromatic nitrogens is 2. The lowest BCUT2D eigenvalue weighted by atomic mass is 9.69. The minimum Gasteiger partial charge on any atom is -0.228 e. The van der Waals surface area contributed by atoms with Gasteiger partial charge in [-0.25, -0.2) is 9.97 Å². The van der Waals surface area contributed by atoms with Crippen LogP contribution in [-0.2, 0) is 5.41 Å². The van der Waals surface area contributed by atoms with Crippen molar-refractivity contribution in [2.24, 2.45) is 0 Å². The van der Waals surface area contributed by atoms with Crippen LogP contribution in [0, 0.1) is 0 Å². The zero-order chi connectivity index (χ0) is 38.7. The van der Waals surface area contributed by atoms with Gasteiger partial charge in [-0.3, -0.25) is 0 Å². The zero-order valence-corrected chi connectivity index (χ0v) is 32.0. The molecule has 0 saturated heterocycles. The van der Waals surface area contributed by atoms with E-state index in [0.717, 1.165) is 28.1 Å². The molecule has 0 unspecified atom stereocenters. The van der Waals surface area contributed by atoms with Crippen LogP contribution < -0.4 is 0 Å². The molecule has 0 atom stereocenters. The van der Waals surface area contributed by atoms with E-state index in [2.05, 4.69) is 194 Å². The maximum absolute atomic E-state index is 5.18. The Balaban J connectivity index is 1.09. The summed E-state index contributed by atoms with van der Waals surface area (Å²) in [7, 11) is 0. The Hall–Kier alpha value is -7.68. The van der Waals surface area contributed by atoms with Crippen molar-refractivity contribution in [1.29, 1.82) is 0 Å². The van der Waals surface area contributed by atoms with Crippen LogP contribution in [0.1, 0.15) is 22.3 Å². The lowest BCUT2D eigenvalue weighted by molar-refractivity contribution is 0.794. The summed E-state index contributed by atoms with van der Waals surface area (Å²) in [6, 6.07) is 75.4. The first-order chi connectivity index (χ1) is 29.3. The third-order valence-electron chi connectivity index (χ3n) is 13.0. The molecule has 0 fully saturated rings. The van der Waals surface area contributed by atoms with Gasteiger partial charge in [-0.05, 0) is 101 Å².